The third kappa shape index (κ3) is 10.2. The predicted octanol–water partition coefficient (Wildman–Crippen LogP) is 20.6. The molecule has 428 valence electrons. The summed E-state index contributed by atoms with van der Waals surface area (Å²) in [4.78, 5) is 0. The first-order valence-corrected chi connectivity index (χ1v) is 31.3. The van der Waals surface area contributed by atoms with Crippen molar-refractivity contribution in [1.82, 2.24) is 0 Å². The largest absolute Gasteiger partial charge is 0.213 e. The summed E-state index contributed by atoms with van der Waals surface area (Å²) in [7, 11) is 4.32. The van der Waals surface area contributed by atoms with E-state index in [1.807, 2.05) is 0 Å². The summed E-state index contributed by atoms with van der Waals surface area (Å²) in [5.41, 5.74) is 35.9. The highest BCUT2D eigenvalue weighted by Crippen LogP contribution is 2.49. The zero-order valence-electron chi connectivity index (χ0n) is 51.5. The van der Waals surface area contributed by atoms with Crippen LogP contribution >= 0.6 is 0 Å². The van der Waals surface area contributed by atoms with Gasteiger partial charge < -0.3 is 0 Å². The molecule has 0 radical (unpaired) electrons. The Kier molecular flexibility index (Phi) is 14.5. The van der Waals surface area contributed by atoms with Crippen molar-refractivity contribution in [2.45, 2.75) is 27.3 Å². The predicted molar refractivity (Wildman–Crippen MR) is 373 cm³/mol. The number of benzene rings is 11. The Labute approximate surface area is 529 Å². The highest BCUT2D eigenvalue weighted by molar-refractivity contribution is 6.01. The van der Waals surface area contributed by atoms with Crippen LogP contribution in [0, 0.1) is 20.8 Å². The second kappa shape index (κ2) is 23.5. The van der Waals surface area contributed by atoms with Crippen LogP contribution in [0.25, 0.3) is 145 Å². The van der Waals surface area contributed by atoms with Crippen LogP contribution in [-0.2, 0) is 20.6 Å². The first kappa shape index (κ1) is 55.4. The average Bonchev–Trinajstić information content (AvgIpc) is 1.91. The number of hydrogen-bond donors (Lipinski definition) is 0. The molecule has 0 saturated carbocycles. The molecule has 90 heavy (non-hydrogen) atoms. The van der Waals surface area contributed by atoms with E-state index in [4.69, 9.17) is 0 Å². The van der Waals surface area contributed by atoms with E-state index in [-0.39, 0.29) is 0 Å². The van der Waals surface area contributed by atoms with Crippen molar-refractivity contribution in [3.8, 4) is 145 Å². The maximum atomic E-state index is 2.47. The first-order chi connectivity index (χ1) is 44.2. The van der Waals surface area contributed by atoms with Gasteiger partial charge in [0.05, 0.1) is 5.56 Å². The molecule has 11 aromatic carbocycles. The molecule has 0 aliphatic carbocycles. The molecule has 0 fully saturated rings. The van der Waals surface area contributed by atoms with Gasteiger partial charge >= 0.3 is 0 Å². The molecule has 3 aromatic heterocycles. The number of nitrogens with zero attached hydrogens (tertiary/aromatic N) is 3. The van der Waals surface area contributed by atoms with Crippen LogP contribution in [0.15, 0.2) is 310 Å². The maximum Gasteiger partial charge on any atom is 0.213 e. The van der Waals surface area contributed by atoms with Gasteiger partial charge in [-0.2, -0.15) is 4.57 Å². The van der Waals surface area contributed by atoms with Gasteiger partial charge in [0.25, 0.3) is 0 Å². The minimum absolute atomic E-state index is 0.822. The van der Waals surface area contributed by atoms with Gasteiger partial charge in [0, 0.05) is 52.6 Å². The van der Waals surface area contributed by atoms with Crippen LogP contribution in [0.4, 0.5) is 0 Å². The lowest BCUT2D eigenvalue weighted by atomic mass is 9.82. The fourth-order valence-electron chi connectivity index (χ4n) is 14.0. The molecule has 3 heteroatoms. The Morgan fingerprint density at radius 3 is 1.03 bits per heavy atom. The van der Waals surface area contributed by atoms with Crippen LogP contribution < -0.4 is 13.7 Å². The molecule has 1 aliphatic heterocycles. The van der Waals surface area contributed by atoms with Gasteiger partial charge in [-0.15, -0.1) is 0 Å². The Bertz CT molecular complexity index is 5060. The highest BCUT2D eigenvalue weighted by atomic mass is 15.0. The number of fused-ring (bicyclic) bond motifs is 3. The Morgan fingerprint density at radius 2 is 0.578 bits per heavy atom. The van der Waals surface area contributed by atoms with Gasteiger partial charge in [0.15, 0.2) is 25.1 Å². The summed E-state index contributed by atoms with van der Waals surface area (Å²) in [5, 5.41) is 0. The summed E-state index contributed by atoms with van der Waals surface area (Å²) in [5.74, 6) is 0. The molecule has 1 aliphatic rings. The molecule has 0 spiro atoms. The molecular weight excluding hydrogens is 1090 g/mol. The number of aromatic nitrogens is 3. The van der Waals surface area contributed by atoms with E-state index < -0.39 is 0 Å². The van der Waals surface area contributed by atoms with Crippen molar-refractivity contribution in [2.75, 3.05) is 0 Å². The number of hydrogen-bond acceptors (Lipinski definition) is 0. The van der Waals surface area contributed by atoms with Crippen LogP contribution in [0.2, 0.25) is 0 Å². The minimum atomic E-state index is 0.822. The zero-order chi connectivity index (χ0) is 60.8. The standard InChI is InChI=1S/C87H68N3/c1-58-46-81(77(61-28-10-6-11-29-61)53-75(58)85-42-24-26-44-88(85)4)72-39-21-18-36-69(72)65-49-66(51-67(50-65)71-38-20-23-41-74(71)83-52-68-56-90-45-27-25-43-86(90)80(68)55-79(83)63-32-14-8-15-33-63)70-37-19-22-40-73(70)82-47-59(2)76(54-78(82)62-30-12-7-13-31-62)87-48-60(3)84(57-89(87)5)64-34-16-9-17-35-64/h6-55,57H,56H2,1-5H3/q+3. The van der Waals surface area contributed by atoms with E-state index in [0.29, 0.717) is 0 Å². The Balaban J connectivity index is 0.965. The fraction of sp³-hybridized carbons (Fsp3) is 0.0690. The van der Waals surface area contributed by atoms with E-state index in [0.717, 1.165) is 34.4 Å². The average molecular weight is 1160 g/mol. The fourth-order valence-corrected chi connectivity index (χ4v) is 14.0. The SMILES string of the molecule is Cc1cc(-c2cc(-c3ccccc3)c(-c3ccccc3-c3cc(-c4ccccc4-c4cc(C)c(-c5cccc[n+]5C)cc4-c4ccccc4)cc(-c4ccccc4-c4cc5c(cc4-c4ccccc4)-c4cccc[n+]4C5)c3)cc2C)[n+](C)cc1-c1ccccc1. The van der Waals surface area contributed by atoms with Crippen molar-refractivity contribution >= 4 is 0 Å². The molecular formula is C87H68N3+3. The van der Waals surface area contributed by atoms with Gasteiger partial charge in [-0.3, -0.25) is 0 Å². The molecule has 0 bridgehead atoms. The molecule has 4 heterocycles. The number of pyridine rings is 3. The number of rotatable bonds is 12. The van der Waals surface area contributed by atoms with Gasteiger partial charge in [0.2, 0.25) is 17.1 Å². The maximum absolute atomic E-state index is 2.47. The second-order valence-corrected chi connectivity index (χ2v) is 24.2. The molecule has 14 aromatic rings. The van der Waals surface area contributed by atoms with Crippen LogP contribution in [0.3, 0.4) is 0 Å². The smallest absolute Gasteiger partial charge is 0.201 e. The van der Waals surface area contributed by atoms with Gasteiger partial charge in [-0.05, 0) is 210 Å². The van der Waals surface area contributed by atoms with Crippen LogP contribution in [0.5, 0.6) is 0 Å². The molecule has 0 amide bonds. The van der Waals surface area contributed by atoms with Crippen LogP contribution in [-0.4, -0.2) is 0 Å². The van der Waals surface area contributed by atoms with Gasteiger partial charge in [-0.25, -0.2) is 9.13 Å². The van der Waals surface area contributed by atoms with Crippen molar-refractivity contribution in [2.24, 2.45) is 14.1 Å². The summed E-state index contributed by atoms with van der Waals surface area (Å²) in [6, 6.07) is 108. The summed E-state index contributed by atoms with van der Waals surface area (Å²) in [6.07, 6.45) is 6.64. The van der Waals surface area contributed by atoms with E-state index in [2.05, 4.69) is 358 Å². The third-order valence-corrected chi connectivity index (χ3v) is 18.5. The lowest BCUT2D eigenvalue weighted by Crippen LogP contribution is -2.31. The quantitative estimate of drug-likeness (QED) is 0.108. The van der Waals surface area contributed by atoms with Gasteiger partial charge in [0.1, 0.15) is 14.1 Å². The summed E-state index contributed by atoms with van der Waals surface area (Å²) < 4.78 is 6.90. The van der Waals surface area contributed by atoms with Crippen molar-refractivity contribution in [3.63, 3.8) is 0 Å². The molecule has 0 unspecified atom stereocenters. The highest BCUT2D eigenvalue weighted by Gasteiger charge is 2.29. The Morgan fingerprint density at radius 1 is 0.222 bits per heavy atom. The van der Waals surface area contributed by atoms with E-state index in [1.165, 1.54) is 139 Å². The molecule has 0 N–H and O–H groups in total. The monoisotopic (exact) mass is 1150 g/mol. The first-order valence-electron chi connectivity index (χ1n) is 31.3. The van der Waals surface area contributed by atoms with Gasteiger partial charge in [-0.1, -0.05) is 194 Å². The normalized spacial score (nSPS) is 11.6. The van der Waals surface area contributed by atoms with E-state index >= 15 is 0 Å². The van der Waals surface area contributed by atoms with Crippen LogP contribution in [0.1, 0.15) is 22.3 Å². The number of aryl methyl sites for hydroxylation is 5. The van der Waals surface area contributed by atoms with Crippen molar-refractivity contribution in [1.29, 1.82) is 0 Å². The van der Waals surface area contributed by atoms with Crippen molar-refractivity contribution in [3.05, 3.63) is 332 Å². The molecule has 3 nitrogen and oxygen atoms in total. The summed E-state index contributed by atoms with van der Waals surface area (Å²) >= 11 is 0. The molecule has 0 saturated heterocycles. The second-order valence-electron chi connectivity index (χ2n) is 24.2. The minimum Gasteiger partial charge on any atom is -0.201 e. The van der Waals surface area contributed by atoms with E-state index in [1.54, 1.807) is 0 Å². The third-order valence-electron chi connectivity index (χ3n) is 18.5. The lowest BCUT2D eigenvalue weighted by Gasteiger charge is -2.21. The zero-order valence-corrected chi connectivity index (χ0v) is 51.5. The lowest BCUT2D eigenvalue weighted by molar-refractivity contribution is -0.672. The Hall–Kier alpha value is -11.1. The molecule has 0 atom stereocenters. The molecule has 15 rings (SSSR count). The van der Waals surface area contributed by atoms with Crippen molar-refractivity contribution < 1.29 is 13.7 Å². The van der Waals surface area contributed by atoms with E-state index in [9.17, 15) is 0 Å². The summed E-state index contributed by atoms with van der Waals surface area (Å²) in [6.45, 7) is 7.60. The topological polar surface area (TPSA) is 11.6 Å².